The van der Waals surface area contributed by atoms with Crippen LogP contribution < -0.4 is 5.32 Å². The average molecular weight is 457 g/mol. The van der Waals surface area contributed by atoms with Gasteiger partial charge in [-0.3, -0.25) is 4.79 Å². The Morgan fingerprint density at radius 1 is 1.23 bits per heavy atom. The van der Waals surface area contributed by atoms with E-state index in [0.29, 0.717) is 17.2 Å². The van der Waals surface area contributed by atoms with E-state index < -0.39 is 0 Å². The number of benzene rings is 1. The maximum Gasteiger partial charge on any atom is 0.341 e. The zero-order valence-corrected chi connectivity index (χ0v) is 19.8. The van der Waals surface area contributed by atoms with Crippen LogP contribution in [0.4, 0.5) is 5.00 Å². The highest BCUT2D eigenvalue weighted by Gasteiger charge is 2.28. The van der Waals surface area contributed by atoms with Crippen LogP contribution in [0.3, 0.4) is 0 Å². The fourth-order valence-corrected chi connectivity index (χ4v) is 6.45. The molecule has 1 aromatic carbocycles. The summed E-state index contributed by atoms with van der Waals surface area (Å²) in [6.45, 7) is 4.04. The molecule has 1 atom stereocenters. The van der Waals surface area contributed by atoms with Gasteiger partial charge < -0.3 is 14.6 Å². The van der Waals surface area contributed by atoms with Crippen molar-refractivity contribution in [3.8, 4) is 0 Å². The number of aryl methyl sites for hydroxylation is 2. The molecule has 164 valence electrons. The Morgan fingerprint density at radius 3 is 2.81 bits per heavy atom. The summed E-state index contributed by atoms with van der Waals surface area (Å²) in [6, 6.07) is 8.19. The molecule has 5 nitrogen and oxygen atoms in total. The molecule has 2 aromatic heterocycles. The summed E-state index contributed by atoms with van der Waals surface area (Å²) in [5, 5.41) is 4.53. The molecule has 3 aromatic rings. The highest BCUT2D eigenvalue weighted by Crippen LogP contribution is 2.39. The summed E-state index contributed by atoms with van der Waals surface area (Å²) in [5.41, 5.74) is 2.79. The first-order chi connectivity index (χ1) is 15.0. The lowest BCUT2D eigenvalue weighted by Gasteiger charge is -2.12. The number of thiophene rings is 1. The van der Waals surface area contributed by atoms with Crippen molar-refractivity contribution in [3.05, 3.63) is 46.5 Å². The van der Waals surface area contributed by atoms with Crippen LogP contribution in [0.25, 0.3) is 10.9 Å². The molecule has 0 spiro atoms. The van der Waals surface area contributed by atoms with Gasteiger partial charge in [0.2, 0.25) is 5.91 Å². The number of para-hydroxylation sites is 1. The van der Waals surface area contributed by atoms with Gasteiger partial charge in [0, 0.05) is 33.9 Å². The van der Waals surface area contributed by atoms with Crippen LogP contribution in [0.1, 0.15) is 53.9 Å². The van der Waals surface area contributed by atoms with E-state index in [1.165, 1.54) is 23.1 Å². The Kier molecular flexibility index (Phi) is 6.72. The molecule has 0 unspecified atom stereocenters. The molecule has 0 bridgehead atoms. The second-order valence-corrected chi connectivity index (χ2v) is 10.3. The molecule has 31 heavy (non-hydrogen) atoms. The number of amides is 1. The zero-order chi connectivity index (χ0) is 22.0. The maximum absolute atomic E-state index is 13.1. The van der Waals surface area contributed by atoms with E-state index in [1.54, 1.807) is 11.3 Å². The number of carbonyl (C=O) groups is 2. The molecule has 1 N–H and O–H groups in total. The quantitative estimate of drug-likeness (QED) is 0.289. The van der Waals surface area contributed by atoms with Crippen LogP contribution >= 0.6 is 23.1 Å². The molecular weight excluding hydrogens is 428 g/mol. The number of rotatable bonds is 6. The molecule has 1 aliphatic carbocycles. The van der Waals surface area contributed by atoms with Crippen molar-refractivity contribution in [2.24, 2.45) is 7.05 Å². The van der Waals surface area contributed by atoms with Crippen molar-refractivity contribution in [2.75, 3.05) is 11.9 Å². The van der Waals surface area contributed by atoms with Crippen molar-refractivity contribution >= 4 is 50.9 Å². The highest BCUT2D eigenvalue weighted by molar-refractivity contribution is 8.00. The number of anilines is 1. The lowest BCUT2D eigenvalue weighted by atomic mass is 10.1. The van der Waals surface area contributed by atoms with Gasteiger partial charge in [0.15, 0.2) is 0 Å². The first-order valence-electron chi connectivity index (χ1n) is 10.8. The normalized spacial score (nSPS) is 14.7. The van der Waals surface area contributed by atoms with Gasteiger partial charge in [-0.25, -0.2) is 4.79 Å². The van der Waals surface area contributed by atoms with Crippen LogP contribution in [-0.4, -0.2) is 28.3 Å². The summed E-state index contributed by atoms with van der Waals surface area (Å²) >= 11 is 3.08. The van der Waals surface area contributed by atoms with E-state index in [2.05, 4.69) is 28.2 Å². The van der Waals surface area contributed by atoms with Gasteiger partial charge in [-0.15, -0.1) is 23.1 Å². The minimum absolute atomic E-state index is 0.0973. The minimum atomic E-state index is -0.327. The monoisotopic (exact) mass is 456 g/mol. The third-order valence-corrected chi connectivity index (χ3v) is 8.03. The first-order valence-corrected chi connectivity index (χ1v) is 12.5. The van der Waals surface area contributed by atoms with Gasteiger partial charge >= 0.3 is 5.97 Å². The van der Waals surface area contributed by atoms with Crippen LogP contribution in [0, 0.1) is 0 Å². The number of hydrogen-bond donors (Lipinski definition) is 1. The minimum Gasteiger partial charge on any atom is -0.462 e. The Balaban J connectivity index is 1.56. The number of nitrogens with zero attached hydrogens (tertiary/aromatic N) is 1. The molecule has 1 amide bonds. The van der Waals surface area contributed by atoms with Crippen LogP contribution in [0.15, 0.2) is 35.4 Å². The van der Waals surface area contributed by atoms with Crippen molar-refractivity contribution in [1.82, 2.24) is 4.57 Å². The Hall–Kier alpha value is -2.25. The summed E-state index contributed by atoms with van der Waals surface area (Å²) in [7, 11) is 2.02. The summed E-state index contributed by atoms with van der Waals surface area (Å²) < 4.78 is 7.41. The molecule has 0 saturated carbocycles. The van der Waals surface area contributed by atoms with Gasteiger partial charge in [-0.2, -0.15) is 0 Å². The van der Waals surface area contributed by atoms with Gasteiger partial charge in [-0.1, -0.05) is 24.6 Å². The SMILES string of the molecule is CCOC(=O)c1c(NC(=O)[C@@H](C)Sc2cn(C)c3ccccc23)sc2c1CCCCC2. The second-order valence-electron chi connectivity index (χ2n) is 7.86. The lowest BCUT2D eigenvalue weighted by molar-refractivity contribution is -0.115. The molecular formula is C24H28N2O3S2. The van der Waals surface area contributed by atoms with E-state index in [1.807, 2.05) is 33.0 Å². The van der Waals surface area contributed by atoms with Gasteiger partial charge in [0.05, 0.1) is 17.4 Å². The third-order valence-electron chi connectivity index (χ3n) is 5.67. The van der Waals surface area contributed by atoms with E-state index >= 15 is 0 Å². The molecule has 0 fully saturated rings. The van der Waals surface area contributed by atoms with Crippen LogP contribution in [0.2, 0.25) is 0 Å². The van der Waals surface area contributed by atoms with E-state index in [9.17, 15) is 9.59 Å². The molecule has 0 saturated heterocycles. The van der Waals surface area contributed by atoms with Crippen molar-refractivity contribution in [2.45, 2.75) is 56.1 Å². The van der Waals surface area contributed by atoms with E-state index in [-0.39, 0.29) is 17.1 Å². The number of ether oxygens (including phenoxy) is 1. The van der Waals surface area contributed by atoms with Crippen molar-refractivity contribution < 1.29 is 14.3 Å². The highest BCUT2D eigenvalue weighted by atomic mass is 32.2. The number of hydrogen-bond acceptors (Lipinski definition) is 5. The number of fused-ring (bicyclic) bond motifs is 2. The fourth-order valence-electron chi connectivity index (χ4n) is 4.11. The van der Waals surface area contributed by atoms with Gasteiger partial charge in [0.1, 0.15) is 5.00 Å². The second kappa shape index (κ2) is 9.49. The van der Waals surface area contributed by atoms with Crippen molar-refractivity contribution in [1.29, 1.82) is 0 Å². The largest absolute Gasteiger partial charge is 0.462 e. The molecule has 1 aliphatic rings. The Labute approximate surface area is 191 Å². The van der Waals surface area contributed by atoms with E-state index in [0.717, 1.165) is 47.0 Å². The molecule has 4 rings (SSSR count). The number of esters is 1. The van der Waals surface area contributed by atoms with Gasteiger partial charge in [-0.05, 0) is 51.2 Å². The van der Waals surface area contributed by atoms with Crippen molar-refractivity contribution in [3.63, 3.8) is 0 Å². The van der Waals surface area contributed by atoms with E-state index in [4.69, 9.17) is 4.74 Å². The first kappa shape index (κ1) is 22.0. The number of thioether (sulfide) groups is 1. The van der Waals surface area contributed by atoms with Crippen LogP contribution in [-0.2, 0) is 29.4 Å². The summed E-state index contributed by atoms with van der Waals surface area (Å²) in [6.07, 6.45) is 7.26. The molecule has 0 aliphatic heterocycles. The zero-order valence-electron chi connectivity index (χ0n) is 18.2. The van der Waals surface area contributed by atoms with Gasteiger partial charge in [0.25, 0.3) is 0 Å². The number of carbonyl (C=O) groups excluding carboxylic acids is 2. The lowest BCUT2D eigenvalue weighted by Crippen LogP contribution is -2.23. The number of nitrogens with one attached hydrogen (secondary N) is 1. The molecule has 2 heterocycles. The smallest absolute Gasteiger partial charge is 0.341 e. The Morgan fingerprint density at radius 2 is 2.00 bits per heavy atom. The Bertz CT molecular complexity index is 1120. The topological polar surface area (TPSA) is 60.3 Å². The fraction of sp³-hybridized carbons (Fsp3) is 0.417. The summed E-state index contributed by atoms with van der Waals surface area (Å²) in [5.74, 6) is -0.425. The molecule has 0 radical (unpaired) electrons. The predicted octanol–water partition coefficient (Wildman–Crippen LogP) is 5.80. The molecule has 7 heteroatoms. The standard InChI is InChI=1S/C24H28N2O3S2/c1-4-29-24(28)21-17-11-6-5-7-13-19(17)31-23(21)25-22(27)15(2)30-20-14-26(3)18-12-9-8-10-16(18)20/h8-10,12,14-15H,4-7,11,13H2,1-3H3,(H,25,27)/t15-/m1/s1. The average Bonchev–Trinajstić information content (AvgIpc) is 3.15. The number of aromatic nitrogens is 1. The van der Waals surface area contributed by atoms with Crippen LogP contribution in [0.5, 0.6) is 0 Å². The third kappa shape index (κ3) is 4.53. The predicted molar refractivity (Wildman–Crippen MR) is 128 cm³/mol. The summed E-state index contributed by atoms with van der Waals surface area (Å²) in [4.78, 5) is 28.1. The maximum atomic E-state index is 13.1.